The van der Waals surface area contributed by atoms with Crippen LogP contribution in [-0.4, -0.2) is 21.0 Å². The van der Waals surface area contributed by atoms with Gasteiger partial charge in [-0.15, -0.1) is 0 Å². The van der Waals surface area contributed by atoms with Crippen LogP contribution in [0.3, 0.4) is 0 Å². The molecule has 4 bridgehead atoms. The lowest BCUT2D eigenvalue weighted by atomic mass is 9.52. The van der Waals surface area contributed by atoms with Crippen molar-refractivity contribution in [3.8, 4) is 0 Å². The third-order valence-electron chi connectivity index (χ3n) is 5.53. The van der Waals surface area contributed by atoms with Gasteiger partial charge in [-0.2, -0.15) is 0 Å². The maximum atomic E-state index is 10.8. The Kier molecular flexibility index (Phi) is 2.47. The molecule has 1 heterocycles. The molecule has 0 radical (unpaired) electrons. The number of aliphatic carboxylic acids is 1. The van der Waals surface area contributed by atoms with Gasteiger partial charge >= 0.3 is 5.97 Å². The largest absolute Gasteiger partial charge is 0.481 e. The quantitative estimate of drug-likeness (QED) is 0.877. The van der Waals surface area contributed by atoms with E-state index in [1.54, 1.807) is 6.20 Å². The number of rotatable bonds is 3. The van der Waals surface area contributed by atoms with Gasteiger partial charge in [0.25, 0.3) is 0 Å². The van der Waals surface area contributed by atoms with Crippen LogP contribution in [0.4, 0.5) is 0 Å². The van der Waals surface area contributed by atoms with E-state index in [2.05, 4.69) is 9.97 Å². The summed E-state index contributed by atoms with van der Waals surface area (Å²) in [6, 6.07) is 0. The number of carboxylic acids is 1. The van der Waals surface area contributed by atoms with Crippen LogP contribution in [0.25, 0.3) is 0 Å². The predicted octanol–water partition coefficient (Wildman–Crippen LogP) is 2.58. The summed E-state index contributed by atoms with van der Waals surface area (Å²) in [6.45, 7) is 0. The van der Waals surface area contributed by atoms with Crippen molar-refractivity contribution >= 4 is 5.97 Å². The first-order chi connectivity index (χ1) is 9.19. The molecule has 0 amide bonds. The van der Waals surface area contributed by atoms with E-state index in [0.29, 0.717) is 5.92 Å². The summed E-state index contributed by atoms with van der Waals surface area (Å²) in [5.74, 6) is 4.35. The average Bonchev–Trinajstić information content (AvgIpc) is 2.75. The highest BCUT2D eigenvalue weighted by molar-refractivity contribution is 5.69. The van der Waals surface area contributed by atoms with Crippen molar-refractivity contribution in [2.45, 2.75) is 44.4 Å². The molecule has 0 aliphatic heterocycles. The lowest BCUT2D eigenvalue weighted by Crippen LogP contribution is -2.44. The van der Waals surface area contributed by atoms with Crippen molar-refractivity contribution in [1.82, 2.24) is 9.97 Å². The summed E-state index contributed by atoms with van der Waals surface area (Å²) >= 11 is 0. The topological polar surface area (TPSA) is 66.0 Å². The number of hydrogen-bond donors (Lipinski definition) is 2. The third kappa shape index (κ3) is 1.88. The fraction of sp³-hybridized carbons (Fsp3) is 0.733. The number of carbonyl (C=O) groups is 1. The van der Waals surface area contributed by atoms with E-state index in [1.165, 1.54) is 32.1 Å². The van der Waals surface area contributed by atoms with Gasteiger partial charge in [-0.3, -0.25) is 4.79 Å². The number of carboxylic acid groups (broad SMARTS) is 1. The van der Waals surface area contributed by atoms with Crippen molar-refractivity contribution in [2.75, 3.05) is 0 Å². The number of nitrogens with zero attached hydrogens (tertiary/aromatic N) is 1. The number of imidazole rings is 1. The highest BCUT2D eigenvalue weighted by atomic mass is 16.4. The molecule has 102 valence electrons. The molecule has 4 aliphatic carbocycles. The highest BCUT2D eigenvalue weighted by Crippen LogP contribution is 2.59. The molecular weight excluding hydrogens is 240 g/mol. The Morgan fingerprint density at radius 3 is 2.42 bits per heavy atom. The fourth-order valence-electron chi connectivity index (χ4n) is 5.17. The summed E-state index contributed by atoms with van der Waals surface area (Å²) in [7, 11) is 0. The van der Waals surface area contributed by atoms with Crippen LogP contribution in [0.2, 0.25) is 0 Å². The third-order valence-corrected chi connectivity index (χ3v) is 5.53. The van der Waals surface area contributed by atoms with E-state index in [1.807, 2.05) is 0 Å². The summed E-state index contributed by atoms with van der Waals surface area (Å²) in [5, 5.41) is 8.84. The van der Waals surface area contributed by atoms with E-state index >= 15 is 0 Å². The summed E-state index contributed by atoms with van der Waals surface area (Å²) in [5.41, 5.74) is 0.747. The normalized spacial score (nSPS) is 39.7. The molecule has 0 aromatic carbocycles. The van der Waals surface area contributed by atoms with Crippen molar-refractivity contribution in [1.29, 1.82) is 0 Å². The Bertz CT molecular complexity index is 480. The number of nitrogens with one attached hydrogen (secondary N) is 1. The minimum absolute atomic E-state index is 0.0559. The van der Waals surface area contributed by atoms with E-state index in [-0.39, 0.29) is 6.42 Å². The zero-order chi connectivity index (χ0) is 13.0. The average molecular weight is 260 g/mol. The van der Waals surface area contributed by atoms with Gasteiger partial charge in [0.1, 0.15) is 5.82 Å². The fourth-order valence-corrected chi connectivity index (χ4v) is 5.17. The summed E-state index contributed by atoms with van der Waals surface area (Å²) in [6.07, 6.45) is 8.70. The molecular formula is C15H20N2O2. The predicted molar refractivity (Wildman–Crippen MR) is 69.7 cm³/mol. The number of H-pyrrole nitrogens is 1. The van der Waals surface area contributed by atoms with Gasteiger partial charge in [0.2, 0.25) is 0 Å². The smallest absolute Gasteiger partial charge is 0.309 e. The Morgan fingerprint density at radius 1 is 1.21 bits per heavy atom. The lowest BCUT2D eigenvalue weighted by Gasteiger charge is -2.53. The Balaban J connectivity index is 1.58. The van der Waals surface area contributed by atoms with Gasteiger partial charge in [0.15, 0.2) is 0 Å². The second kappa shape index (κ2) is 4.09. The molecule has 19 heavy (non-hydrogen) atoms. The van der Waals surface area contributed by atoms with Crippen LogP contribution in [0.5, 0.6) is 0 Å². The molecule has 4 fully saturated rings. The van der Waals surface area contributed by atoms with Crippen LogP contribution in [-0.2, 0) is 11.2 Å². The van der Waals surface area contributed by atoms with E-state index in [0.717, 1.165) is 35.2 Å². The SMILES string of the molecule is O=C(O)Cc1cnc(C2C3CC4CC(C3)CC2C4)[nH]1. The molecule has 0 atom stereocenters. The molecule has 4 aliphatic rings. The van der Waals surface area contributed by atoms with Gasteiger partial charge in [0, 0.05) is 17.8 Å². The molecule has 1 aromatic rings. The van der Waals surface area contributed by atoms with Crippen molar-refractivity contribution in [3.63, 3.8) is 0 Å². The molecule has 0 spiro atoms. The first kappa shape index (κ1) is 11.5. The second-order valence-corrected chi connectivity index (χ2v) is 6.82. The Labute approximate surface area is 112 Å². The van der Waals surface area contributed by atoms with Gasteiger partial charge in [-0.05, 0) is 55.8 Å². The van der Waals surface area contributed by atoms with Gasteiger partial charge in [0.05, 0.1) is 6.42 Å². The molecule has 4 nitrogen and oxygen atoms in total. The lowest BCUT2D eigenvalue weighted by molar-refractivity contribution is -0.136. The summed E-state index contributed by atoms with van der Waals surface area (Å²) in [4.78, 5) is 18.5. The van der Waals surface area contributed by atoms with Gasteiger partial charge in [-0.25, -0.2) is 4.98 Å². The van der Waals surface area contributed by atoms with Crippen molar-refractivity contribution in [2.24, 2.45) is 23.7 Å². The minimum Gasteiger partial charge on any atom is -0.481 e. The minimum atomic E-state index is -0.791. The highest BCUT2D eigenvalue weighted by Gasteiger charge is 2.49. The molecule has 5 rings (SSSR count). The monoisotopic (exact) mass is 260 g/mol. The van der Waals surface area contributed by atoms with Crippen molar-refractivity contribution in [3.05, 3.63) is 17.7 Å². The maximum absolute atomic E-state index is 10.8. The van der Waals surface area contributed by atoms with Gasteiger partial charge < -0.3 is 10.1 Å². The molecule has 1 aromatic heterocycles. The van der Waals surface area contributed by atoms with E-state index in [9.17, 15) is 4.79 Å². The second-order valence-electron chi connectivity index (χ2n) is 6.82. The molecule has 2 N–H and O–H groups in total. The van der Waals surface area contributed by atoms with E-state index in [4.69, 9.17) is 5.11 Å². The molecule has 0 unspecified atom stereocenters. The molecule has 0 saturated heterocycles. The maximum Gasteiger partial charge on any atom is 0.309 e. The Hall–Kier alpha value is -1.32. The van der Waals surface area contributed by atoms with Gasteiger partial charge in [-0.1, -0.05) is 0 Å². The standard InChI is InChI=1S/C15H20N2O2/c18-13(19)6-12-7-16-15(17-12)14-10-2-8-1-9(4-10)5-11(14)3-8/h7-11,14H,1-6H2,(H,16,17)(H,18,19). The first-order valence-corrected chi connectivity index (χ1v) is 7.44. The van der Waals surface area contributed by atoms with Crippen LogP contribution in [0.15, 0.2) is 6.20 Å². The van der Waals surface area contributed by atoms with Crippen LogP contribution in [0, 0.1) is 23.7 Å². The first-order valence-electron chi connectivity index (χ1n) is 7.44. The Morgan fingerprint density at radius 2 is 1.84 bits per heavy atom. The number of hydrogen-bond acceptors (Lipinski definition) is 2. The molecule has 4 saturated carbocycles. The zero-order valence-electron chi connectivity index (χ0n) is 11.0. The number of aromatic nitrogens is 2. The summed E-state index contributed by atoms with van der Waals surface area (Å²) < 4.78 is 0. The van der Waals surface area contributed by atoms with Crippen LogP contribution < -0.4 is 0 Å². The van der Waals surface area contributed by atoms with E-state index < -0.39 is 5.97 Å². The zero-order valence-corrected chi connectivity index (χ0v) is 11.0. The van der Waals surface area contributed by atoms with Crippen molar-refractivity contribution < 1.29 is 9.90 Å². The van der Waals surface area contributed by atoms with Crippen LogP contribution in [0.1, 0.15) is 49.5 Å². The van der Waals surface area contributed by atoms with Crippen LogP contribution >= 0.6 is 0 Å². The number of aromatic amines is 1. The molecule has 4 heteroatoms.